The lowest BCUT2D eigenvalue weighted by molar-refractivity contribution is -0.137. The quantitative estimate of drug-likeness (QED) is 0.807. The highest BCUT2D eigenvalue weighted by atomic mass is 19.4. The van der Waals surface area contributed by atoms with Gasteiger partial charge in [-0.05, 0) is 12.1 Å². The molecule has 8 heteroatoms. The average molecular weight is 265 g/mol. The number of carbonyl (C=O) groups excluding carboxylic acids is 1. The normalized spacial score (nSPS) is 11.2. The number of carboxylic acid groups (broad SMARTS) is 1. The van der Waals surface area contributed by atoms with Gasteiger partial charge in [0.1, 0.15) is 11.4 Å². The number of alkyl halides is 3. The first-order valence-corrected chi connectivity index (χ1v) is 4.55. The van der Waals surface area contributed by atoms with E-state index in [-0.39, 0.29) is 0 Å². The van der Waals surface area contributed by atoms with Gasteiger partial charge in [0.05, 0.1) is 11.3 Å². The van der Waals surface area contributed by atoms with Crippen molar-refractivity contribution < 1.29 is 32.3 Å². The van der Waals surface area contributed by atoms with E-state index < -0.39 is 40.7 Å². The molecule has 0 aromatic heterocycles. The Labute approximate surface area is 98.2 Å². The van der Waals surface area contributed by atoms with Crippen molar-refractivity contribution >= 4 is 17.6 Å². The highest BCUT2D eigenvalue weighted by Crippen LogP contribution is 2.38. The van der Waals surface area contributed by atoms with Gasteiger partial charge in [-0.25, -0.2) is 9.18 Å². The zero-order valence-electron chi connectivity index (χ0n) is 8.93. The van der Waals surface area contributed by atoms with Gasteiger partial charge < -0.3 is 10.4 Å². The number of hydrogen-bond donors (Lipinski definition) is 2. The minimum atomic E-state index is -5.10. The lowest BCUT2D eigenvalue weighted by Gasteiger charge is -2.16. The van der Waals surface area contributed by atoms with E-state index in [1.165, 1.54) is 0 Å². The lowest BCUT2D eigenvalue weighted by Crippen LogP contribution is -2.19. The largest absolute Gasteiger partial charge is 0.478 e. The molecular formula is C10H7F4NO3. The van der Waals surface area contributed by atoms with Gasteiger partial charge in [-0.15, -0.1) is 0 Å². The topological polar surface area (TPSA) is 66.4 Å². The first-order valence-electron chi connectivity index (χ1n) is 4.55. The number of amides is 1. The second-order valence-electron chi connectivity index (χ2n) is 3.33. The molecule has 4 nitrogen and oxygen atoms in total. The van der Waals surface area contributed by atoms with Crippen molar-refractivity contribution in [3.05, 3.63) is 29.1 Å². The van der Waals surface area contributed by atoms with Gasteiger partial charge in [-0.3, -0.25) is 4.79 Å². The summed E-state index contributed by atoms with van der Waals surface area (Å²) in [5.74, 6) is -4.42. The van der Waals surface area contributed by atoms with Gasteiger partial charge in [-0.2, -0.15) is 13.2 Å². The molecule has 0 spiro atoms. The summed E-state index contributed by atoms with van der Waals surface area (Å²) in [7, 11) is 0. The highest BCUT2D eigenvalue weighted by molar-refractivity contribution is 5.95. The number of anilines is 1. The first-order chi connectivity index (χ1) is 8.14. The Hall–Kier alpha value is -2.12. The molecule has 18 heavy (non-hydrogen) atoms. The number of carboxylic acids is 1. The van der Waals surface area contributed by atoms with Crippen LogP contribution in [0, 0.1) is 5.82 Å². The summed E-state index contributed by atoms with van der Waals surface area (Å²) in [6.45, 7) is 0.948. The van der Waals surface area contributed by atoms with Crippen molar-refractivity contribution in [3.8, 4) is 0 Å². The van der Waals surface area contributed by atoms with Gasteiger partial charge in [0.2, 0.25) is 5.91 Å². The van der Waals surface area contributed by atoms with E-state index >= 15 is 0 Å². The number of hydrogen-bond acceptors (Lipinski definition) is 2. The Morgan fingerprint density at radius 1 is 1.28 bits per heavy atom. The molecule has 0 unspecified atom stereocenters. The van der Waals surface area contributed by atoms with Crippen molar-refractivity contribution in [1.29, 1.82) is 0 Å². The second kappa shape index (κ2) is 4.63. The van der Waals surface area contributed by atoms with Crippen LogP contribution in [0.1, 0.15) is 22.8 Å². The molecule has 1 aromatic carbocycles. The van der Waals surface area contributed by atoms with Crippen molar-refractivity contribution in [1.82, 2.24) is 0 Å². The van der Waals surface area contributed by atoms with Crippen molar-refractivity contribution in [2.45, 2.75) is 13.1 Å². The Balaban J connectivity index is 3.60. The zero-order valence-corrected chi connectivity index (χ0v) is 8.93. The number of rotatable bonds is 2. The number of nitrogens with one attached hydrogen (secondary N) is 1. The standard InChI is InChI=1S/C10H7F4NO3/c1-4(16)15-6-3-2-5(11)7(9(17)18)8(6)10(12,13)14/h2-3H,1H3,(H,15,16)(H,17,18). The predicted molar refractivity (Wildman–Crippen MR) is 52.7 cm³/mol. The van der Waals surface area contributed by atoms with Gasteiger partial charge in [0, 0.05) is 6.92 Å². The number of benzene rings is 1. The fourth-order valence-electron chi connectivity index (χ4n) is 1.37. The lowest BCUT2D eigenvalue weighted by atomic mass is 10.0. The Bertz CT molecular complexity index is 511. The summed E-state index contributed by atoms with van der Waals surface area (Å²) in [6, 6.07) is 1.20. The minimum Gasteiger partial charge on any atom is -0.478 e. The molecule has 0 aliphatic heterocycles. The minimum absolute atomic E-state index is 0.546. The van der Waals surface area contributed by atoms with Crippen LogP contribution in [0.25, 0.3) is 0 Å². The monoisotopic (exact) mass is 265 g/mol. The van der Waals surface area contributed by atoms with Crippen molar-refractivity contribution in [2.24, 2.45) is 0 Å². The first kappa shape index (κ1) is 13.9. The summed E-state index contributed by atoms with van der Waals surface area (Å²) in [5.41, 5.74) is -4.03. The van der Waals surface area contributed by atoms with Crippen LogP contribution in [0.4, 0.5) is 23.2 Å². The third-order valence-electron chi connectivity index (χ3n) is 1.96. The van der Waals surface area contributed by atoms with Crippen LogP contribution in [0.5, 0.6) is 0 Å². The van der Waals surface area contributed by atoms with Gasteiger partial charge in [0.15, 0.2) is 0 Å². The van der Waals surface area contributed by atoms with Gasteiger partial charge in [0.25, 0.3) is 0 Å². The fourth-order valence-corrected chi connectivity index (χ4v) is 1.37. The molecule has 0 aliphatic carbocycles. The van der Waals surface area contributed by atoms with E-state index in [1.807, 2.05) is 5.32 Å². The molecule has 1 aromatic rings. The number of aromatic carboxylic acids is 1. The van der Waals surface area contributed by atoms with Crippen LogP contribution in [-0.4, -0.2) is 17.0 Å². The predicted octanol–water partition coefficient (Wildman–Crippen LogP) is 2.50. The van der Waals surface area contributed by atoms with E-state index in [9.17, 15) is 27.2 Å². The molecular weight excluding hydrogens is 258 g/mol. The summed E-state index contributed by atoms with van der Waals surface area (Å²) in [5, 5.41) is 10.4. The van der Waals surface area contributed by atoms with Crippen LogP contribution < -0.4 is 5.32 Å². The molecule has 1 amide bonds. The molecule has 0 radical (unpaired) electrons. The maximum absolute atomic E-state index is 13.2. The molecule has 0 fully saturated rings. The van der Waals surface area contributed by atoms with Gasteiger partial charge in [-0.1, -0.05) is 0 Å². The molecule has 98 valence electrons. The maximum Gasteiger partial charge on any atom is 0.419 e. The van der Waals surface area contributed by atoms with Crippen molar-refractivity contribution in [2.75, 3.05) is 5.32 Å². The highest BCUT2D eigenvalue weighted by Gasteiger charge is 2.40. The Morgan fingerprint density at radius 2 is 1.83 bits per heavy atom. The summed E-state index contributed by atoms with van der Waals surface area (Å²) in [4.78, 5) is 21.4. The Kier molecular flexibility index (Phi) is 3.59. The molecule has 0 bridgehead atoms. The molecule has 0 saturated heterocycles. The molecule has 0 heterocycles. The molecule has 0 aliphatic rings. The average Bonchev–Trinajstić information content (AvgIpc) is 2.17. The Morgan fingerprint density at radius 3 is 2.22 bits per heavy atom. The van der Waals surface area contributed by atoms with Crippen molar-refractivity contribution in [3.63, 3.8) is 0 Å². The third-order valence-corrected chi connectivity index (χ3v) is 1.96. The van der Waals surface area contributed by atoms with Crippen LogP contribution in [0.2, 0.25) is 0 Å². The van der Waals surface area contributed by atoms with E-state index in [1.54, 1.807) is 0 Å². The SMILES string of the molecule is CC(=O)Nc1ccc(F)c(C(=O)O)c1C(F)(F)F. The van der Waals surface area contributed by atoms with E-state index in [2.05, 4.69) is 0 Å². The molecule has 1 rings (SSSR count). The van der Waals surface area contributed by atoms with Crippen LogP contribution in [0.15, 0.2) is 12.1 Å². The van der Waals surface area contributed by atoms with E-state index in [4.69, 9.17) is 5.11 Å². The summed E-state index contributed by atoms with van der Waals surface area (Å²) >= 11 is 0. The number of carbonyl (C=O) groups is 2. The van der Waals surface area contributed by atoms with E-state index in [0.717, 1.165) is 6.92 Å². The maximum atomic E-state index is 13.2. The van der Waals surface area contributed by atoms with Gasteiger partial charge >= 0.3 is 12.1 Å². The number of halogens is 4. The smallest absolute Gasteiger partial charge is 0.419 e. The summed E-state index contributed by atoms with van der Waals surface area (Å²) < 4.78 is 51.3. The van der Waals surface area contributed by atoms with Crippen LogP contribution >= 0.6 is 0 Å². The zero-order chi connectivity index (χ0) is 14.1. The second-order valence-corrected chi connectivity index (χ2v) is 3.33. The molecule has 2 N–H and O–H groups in total. The summed E-state index contributed by atoms with van der Waals surface area (Å²) in [6.07, 6.45) is -5.10. The third kappa shape index (κ3) is 2.76. The fraction of sp³-hybridized carbons (Fsp3) is 0.200. The van der Waals surface area contributed by atoms with E-state index in [0.29, 0.717) is 12.1 Å². The molecule has 0 saturated carbocycles. The van der Waals surface area contributed by atoms with Crippen LogP contribution in [-0.2, 0) is 11.0 Å². The van der Waals surface area contributed by atoms with Crippen LogP contribution in [0.3, 0.4) is 0 Å². The molecule has 0 atom stereocenters.